The predicted molar refractivity (Wildman–Crippen MR) is 182 cm³/mol. The van der Waals surface area contributed by atoms with Crippen LogP contribution in [-0.2, 0) is 14.8 Å². The van der Waals surface area contributed by atoms with E-state index in [9.17, 15) is 13.2 Å². The Bertz CT molecular complexity index is 1540. The van der Waals surface area contributed by atoms with E-state index in [1.807, 2.05) is 62.5 Å². The highest BCUT2D eigenvalue weighted by atomic mass is 32.2. The molecule has 1 aliphatic heterocycles. The Morgan fingerprint density at radius 1 is 1.00 bits per heavy atom. The lowest BCUT2D eigenvalue weighted by Gasteiger charge is -2.21. The zero-order valence-electron chi connectivity index (χ0n) is 25.5. The van der Waals surface area contributed by atoms with Crippen LogP contribution in [0.25, 0.3) is 23.0 Å². The fourth-order valence-corrected chi connectivity index (χ4v) is 8.14. The summed E-state index contributed by atoms with van der Waals surface area (Å²) in [6.07, 6.45) is 9.53. The third-order valence-corrected chi connectivity index (χ3v) is 10.9. The van der Waals surface area contributed by atoms with Crippen molar-refractivity contribution in [2.45, 2.75) is 71.1 Å². The van der Waals surface area contributed by atoms with E-state index in [0.29, 0.717) is 46.0 Å². The molecule has 0 N–H and O–H groups in total. The molecule has 0 aliphatic carbocycles. The standard InChI is InChI=1S/C33H42N4O3S3/c1-5-9-14-25(8-4)23-36-32(38)30(42-33(36)41)22-27-24-37(28-16-11-10-12-17-28)34-31(27)26-15-13-18-29(21-26)43(39,40)35(19-6-2)20-7-3/h10-13,15-18,21-22,24-25H,5-9,14,19-20,23H2,1-4H3. The molecule has 43 heavy (non-hydrogen) atoms. The van der Waals surface area contributed by atoms with Crippen LogP contribution in [-0.4, -0.2) is 57.3 Å². The molecule has 4 rings (SSSR count). The van der Waals surface area contributed by atoms with E-state index in [-0.39, 0.29) is 10.8 Å². The number of benzene rings is 2. The van der Waals surface area contributed by atoms with Crippen LogP contribution in [0.4, 0.5) is 0 Å². The highest BCUT2D eigenvalue weighted by Gasteiger charge is 2.34. The topological polar surface area (TPSA) is 75.5 Å². The van der Waals surface area contributed by atoms with Gasteiger partial charge in [0.05, 0.1) is 15.5 Å². The smallest absolute Gasteiger partial charge is 0.266 e. The van der Waals surface area contributed by atoms with Gasteiger partial charge in [0.1, 0.15) is 10.0 Å². The summed E-state index contributed by atoms with van der Waals surface area (Å²) in [5.74, 6) is 0.317. The zero-order chi connectivity index (χ0) is 31.0. The van der Waals surface area contributed by atoms with Crippen molar-refractivity contribution in [1.82, 2.24) is 19.0 Å². The number of hydrogen-bond donors (Lipinski definition) is 0. The van der Waals surface area contributed by atoms with Crippen LogP contribution in [0.2, 0.25) is 0 Å². The van der Waals surface area contributed by atoms with Crippen LogP contribution in [0.3, 0.4) is 0 Å². The molecule has 0 radical (unpaired) electrons. The van der Waals surface area contributed by atoms with Crippen LogP contribution >= 0.6 is 24.0 Å². The monoisotopic (exact) mass is 638 g/mol. The second kappa shape index (κ2) is 15.3. The minimum absolute atomic E-state index is 0.0885. The molecule has 3 aromatic rings. The first-order valence-electron chi connectivity index (χ1n) is 15.2. The molecule has 1 saturated heterocycles. The van der Waals surface area contributed by atoms with E-state index in [2.05, 4.69) is 13.8 Å². The first kappa shape index (κ1) is 33.1. The molecule has 230 valence electrons. The van der Waals surface area contributed by atoms with Crippen molar-refractivity contribution < 1.29 is 13.2 Å². The maximum Gasteiger partial charge on any atom is 0.266 e. The Morgan fingerprint density at radius 3 is 2.37 bits per heavy atom. The molecule has 10 heteroatoms. The molecule has 2 aromatic carbocycles. The zero-order valence-corrected chi connectivity index (χ0v) is 28.0. The van der Waals surface area contributed by atoms with Gasteiger partial charge in [0.15, 0.2) is 0 Å². The SMILES string of the molecule is CCCCC(CC)CN1C(=O)C(=Cc2cn(-c3ccccc3)nc2-c2cccc(S(=O)(=O)N(CCC)CCC)c2)SC1=S. The second-order valence-corrected chi connectivity index (χ2v) is 14.5. The summed E-state index contributed by atoms with van der Waals surface area (Å²) in [7, 11) is -3.68. The summed E-state index contributed by atoms with van der Waals surface area (Å²) in [4.78, 5) is 16.1. The number of sulfonamides is 1. The van der Waals surface area contributed by atoms with Gasteiger partial charge in [-0.05, 0) is 55.5 Å². The van der Waals surface area contributed by atoms with Crippen LogP contribution in [0.1, 0.15) is 71.8 Å². The number of nitrogens with zero attached hydrogens (tertiary/aromatic N) is 4. The lowest BCUT2D eigenvalue weighted by molar-refractivity contribution is -0.122. The van der Waals surface area contributed by atoms with Gasteiger partial charge in [-0.25, -0.2) is 13.1 Å². The van der Waals surface area contributed by atoms with Crippen molar-refractivity contribution in [2.24, 2.45) is 5.92 Å². The first-order chi connectivity index (χ1) is 20.7. The van der Waals surface area contributed by atoms with Gasteiger partial charge in [-0.3, -0.25) is 9.69 Å². The summed E-state index contributed by atoms with van der Waals surface area (Å²) in [6, 6.07) is 16.7. The summed E-state index contributed by atoms with van der Waals surface area (Å²) in [5.41, 5.74) is 2.84. The van der Waals surface area contributed by atoms with Crippen LogP contribution in [0, 0.1) is 5.92 Å². The Morgan fingerprint density at radius 2 is 1.72 bits per heavy atom. The molecule has 1 fully saturated rings. The van der Waals surface area contributed by atoms with Crippen molar-refractivity contribution >= 4 is 50.3 Å². The highest BCUT2D eigenvalue weighted by Crippen LogP contribution is 2.36. The Labute approximate surface area is 266 Å². The quantitative estimate of drug-likeness (QED) is 0.125. The van der Waals surface area contributed by atoms with Gasteiger partial charge in [-0.15, -0.1) is 0 Å². The van der Waals surface area contributed by atoms with Crippen molar-refractivity contribution in [1.29, 1.82) is 0 Å². The third-order valence-electron chi connectivity index (χ3n) is 7.60. The van der Waals surface area contributed by atoms with Gasteiger partial charge in [-0.2, -0.15) is 9.40 Å². The van der Waals surface area contributed by atoms with E-state index in [4.69, 9.17) is 17.3 Å². The number of rotatable bonds is 15. The Kier molecular flexibility index (Phi) is 11.8. The molecule has 2 heterocycles. The van der Waals surface area contributed by atoms with E-state index in [1.165, 1.54) is 11.8 Å². The molecular weight excluding hydrogens is 597 g/mol. The van der Waals surface area contributed by atoms with E-state index >= 15 is 0 Å². The molecule has 0 bridgehead atoms. The Hall–Kier alpha value is -2.79. The second-order valence-electron chi connectivity index (χ2n) is 10.9. The van der Waals surface area contributed by atoms with Gasteiger partial charge < -0.3 is 0 Å². The van der Waals surface area contributed by atoms with Crippen LogP contribution < -0.4 is 0 Å². The summed E-state index contributed by atoms with van der Waals surface area (Å²) in [5, 5.41) is 4.89. The van der Waals surface area contributed by atoms with Gasteiger partial charge in [0, 0.05) is 37.0 Å². The van der Waals surface area contributed by atoms with E-state index < -0.39 is 10.0 Å². The van der Waals surface area contributed by atoms with E-state index in [0.717, 1.165) is 49.8 Å². The summed E-state index contributed by atoms with van der Waals surface area (Å²) >= 11 is 6.97. The molecule has 1 amide bonds. The minimum Gasteiger partial charge on any atom is -0.293 e. The molecule has 7 nitrogen and oxygen atoms in total. The number of unbranched alkanes of at least 4 members (excludes halogenated alkanes) is 1. The molecule has 1 aliphatic rings. The average Bonchev–Trinajstić information content (AvgIpc) is 3.55. The number of aromatic nitrogens is 2. The maximum absolute atomic E-state index is 13.6. The van der Waals surface area contributed by atoms with Crippen molar-refractivity contribution in [3.8, 4) is 16.9 Å². The molecular formula is C33H42N4O3S3. The van der Waals surface area contributed by atoms with E-state index in [1.54, 1.807) is 32.1 Å². The third kappa shape index (κ3) is 7.84. The minimum atomic E-state index is -3.68. The van der Waals surface area contributed by atoms with Gasteiger partial charge in [0.25, 0.3) is 5.91 Å². The molecule has 1 unspecified atom stereocenters. The number of hydrogen-bond acceptors (Lipinski definition) is 6. The van der Waals surface area contributed by atoms with Gasteiger partial charge in [-0.1, -0.05) is 101 Å². The lowest BCUT2D eigenvalue weighted by Crippen LogP contribution is -2.33. The number of para-hydroxylation sites is 1. The predicted octanol–water partition coefficient (Wildman–Crippen LogP) is 7.77. The number of carbonyl (C=O) groups is 1. The average molecular weight is 639 g/mol. The maximum atomic E-state index is 13.6. The molecule has 0 saturated carbocycles. The van der Waals surface area contributed by atoms with Gasteiger partial charge in [0.2, 0.25) is 10.0 Å². The summed E-state index contributed by atoms with van der Waals surface area (Å²) < 4.78 is 31.1. The fraction of sp³-hybridized carbons (Fsp3) is 0.424. The molecule has 0 spiro atoms. The number of thioether (sulfide) groups is 1. The summed E-state index contributed by atoms with van der Waals surface area (Å²) in [6.45, 7) is 9.86. The largest absolute Gasteiger partial charge is 0.293 e. The van der Waals surface area contributed by atoms with Crippen LogP contribution in [0.15, 0.2) is 70.6 Å². The number of thiocarbonyl (C=S) groups is 1. The normalized spacial score (nSPS) is 15.7. The fourth-order valence-electron chi connectivity index (χ4n) is 5.21. The highest BCUT2D eigenvalue weighted by molar-refractivity contribution is 8.26. The first-order valence-corrected chi connectivity index (χ1v) is 17.9. The number of amides is 1. The van der Waals surface area contributed by atoms with Gasteiger partial charge >= 0.3 is 0 Å². The molecule has 1 atom stereocenters. The van der Waals surface area contributed by atoms with Crippen molar-refractivity contribution in [3.05, 3.63) is 71.3 Å². The lowest BCUT2D eigenvalue weighted by atomic mass is 9.99. The molecule has 1 aromatic heterocycles. The van der Waals surface area contributed by atoms with Crippen LogP contribution in [0.5, 0.6) is 0 Å². The number of carbonyl (C=O) groups excluding carboxylic acids is 1. The Balaban J connectivity index is 1.75. The van der Waals surface area contributed by atoms with Crippen molar-refractivity contribution in [2.75, 3.05) is 19.6 Å². The van der Waals surface area contributed by atoms with Crippen molar-refractivity contribution in [3.63, 3.8) is 0 Å².